The highest BCUT2D eigenvalue weighted by Crippen LogP contribution is 2.35. The Balaban J connectivity index is 3.04. The predicted molar refractivity (Wildman–Crippen MR) is 179 cm³/mol. The second-order valence-electron chi connectivity index (χ2n) is 12.4. The van der Waals surface area contributed by atoms with Gasteiger partial charge in [-0.05, 0) is 18.6 Å². The van der Waals surface area contributed by atoms with E-state index in [0.717, 1.165) is 18.6 Å². The van der Waals surface area contributed by atoms with Crippen molar-refractivity contribution in [1.82, 2.24) is 0 Å². The minimum atomic E-state index is -3.77. The molecule has 0 aromatic heterocycles. The second kappa shape index (κ2) is 33.0. The van der Waals surface area contributed by atoms with Crippen molar-refractivity contribution in [3.63, 3.8) is 0 Å². The summed E-state index contributed by atoms with van der Waals surface area (Å²) in [6.07, 6.45) is 44.0. The maximum Gasteiger partial charge on any atom is 0.325 e. The molecule has 0 bridgehead atoms. The van der Waals surface area contributed by atoms with Crippen LogP contribution in [0, 0.1) is 0 Å². The highest BCUT2D eigenvalue weighted by molar-refractivity contribution is 7.80. The van der Waals surface area contributed by atoms with Crippen LogP contribution in [-0.2, 0) is 4.57 Å². The van der Waals surface area contributed by atoms with Gasteiger partial charge in [-0.25, -0.2) is 0 Å². The summed E-state index contributed by atoms with van der Waals surface area (Å²) in [5, 5.41) is 0. The zero-order valence-electron chi connectivity index (χ0n) is 26.2. The molecule has 0 aromatic rings. The summed E-state index contributed by atoms with van der Waals surface area (Å²) in [5.41, 5.74) is 0. The van der Waals surface area contributed by atoms with Crippen LogP contribution >= 0.6 is 20.2 Å². The highest BCUT2D eigenvalue weighted by atomic mass is 32.1. The van der Waals surface area contributed by atoms with E-state index in [1.807, 2.05) is 0 Å². The summed E-state index contributed by atoms with van der Waals surface area (Å²) in [6, 6.07) is 0. The van der Waals surface area contributed by atoms with Crippen molar-refractivity contribution < 1.29 is 14.4 Å². The van der Waals surface area contributed by atoms with Crippen LogP contribution in [0.25, 0.3) is 0 Å². The topological polar surface area (TPSA) is 57.5 Å². The smallest absolute Gasteiger partial charge is 0.324 e. The lowest BCUT2D eigenvalue weighted by atomic mass is 10.0. The molecule has 0 saturated heterocycles. The molecule has 0 rings (SSSR count). The van der Waals surface area contributed by atoms with Crippen LogP contribution in [0.3, 0.4) is 0 Å². The van der Waals surface area contributed by atoms with Crippen molar-refractivity contribution in [3.8, 4) is 0 Å². The van der Waals surface area contributed by atoms with Gasteiger partial charge in [-0.2, -0.15) is 12.6 Å². The molecule has 39 heavy (non-hydrogen) atoms. The van der Waals surface area contributed by atoms with Crippen molar-refractivity contribution >= 4 is 20.2 Å². The minimum absolute atomic E-state index is 0.0611. The fourth-order valence-corrected chi connectivity index (χ4v) is 6.59. The molecule has 0 aliphatic heterocycles. The molecule has 0 atom stereocenters. The molecule has 0 aliphatic rings. The Labute approximate surface area is 251 Å². The molecule has 0 aliphatic carbocycles. The largest absolute Gasteiger partial charge is 0.325 e. The molecule has 5 heteroatoms. The SMILES string of the molecule is O=P(O)(O)CCCCCCCCCCCCCCCCCCCCCCCCCCCCCCCCCCS. The summed E-state index contributed by atoms with van der Waals surface area (Å²) in [6.45, 7) is 0. The minimum Gasteiger partial charge on any atom is -0.324 e. The first-order valence-electron chi connectivity index (χ1n) is 17.7. The molecule has 0 amide bonds. The summed E-state index contributed by atoms with van der Waals surface area (Å²) in [7, 11) is -3.77. The quantitative estimate of drug-likeness (QED) is 0.0397. The highest BCUT2D eigenvalue weighted by Gasteiger charge is 2.10. The number of thiol groups is 1. The van der Waals surface area contributed by atoms with Gasteiger partial charge < -0.3 is 9.79 Å². The van der Waals surface area contributed by atoms with Crippen molar-refractivity contribution in [2.24, 2.45) is 0 Å². The van der Waals surface area contributed by atoms with E-state index in [1.165, 1.54) is 186 Å². The third-order valence-corrected chi connectivity index (χ3v) is 9.57. The van der Waals surface area contributed by atoms with E-state index in [2.05, 4.69) is 12.6 Å². The molecule has 0 aromatic carbocycles. The Hall–Kier alpha value is 0.500. The van der Waals surface area contributed by atoms with Crippen molar-refractivity contribution in [3.05, 3.63) is 0 Å². The Morgan fingerprint density at radius 1 is 0.308 bits per heavy atom. The fourth-order valence-electron chi connectivity index (χ4n) is 5.73. The van der Waals surface area contributed by atoms with E-state index >= 15 is 0 Å². The molecule has 0 radical (unpaired) electrons. The molecule has 236 valence electrons. The van der Waals surface area contributed by atoms with Gasteiger partial charge in [0, 0.05) is 6.16 Å². The molecule has 0 saturated carbocycles. The lowest BCUT2D eigenvalue weighted by Gasteiger charge is -2.05. The summed E-state index contributed by atoms with van der Waals surface area (Å²) in [5.74, 6) is 1.06. The van der Waals surface area contributed by atoms with E-state index in [1.54, 1.807) is 0 Å². The first-order valence-corrected chi connectivity index (χ1v) is 20.1. The Morgan fingerprint density at radius 2 is 0.462 bits per heavy atom. The van der Waals surface area contributed by atoms with Crippen molar-refractivity contribution in [2.45, 2.75) is 205 Å². The van der Waals surface area contributed by atoms with Gasteiger partial charge >= 0.3 is 7.60 Å². The fraction of sp³-hybridized carbons (Fsp3) is 1.00. The molecular weight excluding hydrogens is 519 g/mol. The van der Waals surface area contributed by atoms with Crippen LogP contribution in [0.15, 0.2) is 0 Å². The lowest BCUT2D eigenvalue weighted by molar-refractivity contribution is 0.370. The molecule has 0 spiro atoms. The van der Waals surface area contributed by atoms with E-state index in [0.29, 0.717) is 6.42 Å². The normalized spacial score (nSPS) is 12.0. The number of hydrogen-bond donors (Lipinski definition) is 3. The molecule has 0 fully saturated rings. The van der Waals surface area contributed by atoms with Crippen molar-refractivity contribution in [1.29, 1.82) is 0 Å². The van der Waals surface area contributed by atoms with Gasteiger partial charge in [0.1, 0.15) is 0 Å². The third kappa shape index (κ3) is 38.5. The van der Waals surface area contributed by atoms with E-state index < -0.39 is 7.60 Å². The van der Waals surface area contributed by atoms with Gasteiger partial charge in [0.2, 0.25) is 0 Å². The molecular formula is C34H71O3PS. The van der Waals surface area contributed by atoms with Crippen LogP contribution in [0.1, 0.15) is 205 Å². The van der Waals surface area contributed by atoms with Gasteiger partial charge in [0.25, 0.3) is 0 Å². The summed E-state index contributed by atoms with van der Waals surface area (Å²) >= 11 is 4.28. The number of hydrogen-bond acceptors (Lipinski definition) is 2. The Morgan fingerprint density at radius 3 is 0.615 bits per heavy atom. The van der Waals surface area contributed by atoms with Gasteiger partial charge in [0.05, 0.1) is 0 Å². The van der Waals surface area contributed by atoms with Crippen LogP contribution in [-0.4, -0.2) is 21.7 Å². The predicted octanol–water partition coefficient (Wildman–Crippen LogP) is 12.6. The van der Waals surface area contributed by atoms with E-state index in [-0.39, 0.29) is 6.16 Å². The van der Waals surface area contributed by atoms with Gasteiger partial charge in [-0.1, -0.05) is 193 Å². The average molecular weight is 591 g/mol. The van der Waals surface area contributed by atoms with Crippen LogP contribution < -0.4 is 0 Å². The van der Waals surface area contributed by atoms with Crippen LogP contribution in [0.5, 0.6) is 0 Å². The molecule has 3 nitrogen and oxygen atoms in total. The zero-order chi connectivity index (χ0) is 28.5. The molecule has 2 N–H and O–H groups in total. The van der Waals surface area contributed by atoms with Gasteiger partial charge in [-0.3, -0.25) is 4.57 Å². The standard InChI is InChI=1S/C34H71O3PS/c35-38(36,37)33-31-29-27-25-23-21-19-17-15-13-11-9-7-5-3-1-2-4-6-8-10-12-14-16-18-20-22-24-26-28-30-32-34-39/h39H,1-34H2,(H2,35,36,37). The molecule has 0 heterocycles. The zero-order valence-corrected chi connectivity index (χ0v) is 28.0. The molecule has 0 unspecified atom stereocenters. The van der Waals surface area contributed by atoms with Crippen LogP contribution in [0.4, 0.5) is 0 Å². The number of unbranched alkanes of at least 4 members (excludes halogenated alkanes) is 31. The van der Waals surface area contributed by atoms with E-state index in [4.69, 9.17) is 9.79 Å². The maximum absolute atomic E-state index is 10.8. The summed E-state index contributed by atoms with van der Waals surface area (Å²) < 4.78 is 10.8. The lowest BCUT2D eigenvalue weighted by Crippen LogP contribution is -1.88. The Bertz CT molecular complexity index is 497. The second-order valence-corrected chi connectivity index (χ2v) is 14.6. The maximum atomic E-state index is 10.8. The first-order chi connectivity index (χ1) is 19.1. The van der Waals surface area contributed by atoms with Crippen LogP contribution in [0.2, 0.25) is 0 Å². The number of rotatable bonds is 34. The van der Waals surface area contributed by atoms with Gasteiger partial charge in [-0.15, -0.1) is 0 Å². The average Bonchev–Trinajstić information content (AvgIpc) is 2.90. The first kappa shape index (κ1) is 39.5. The monoisotopic (exact) mass is 590 g/mol. The third-order valence-electron chi connectivity index (χ3n) is 8.36. The Kier molecular flexibility index (Phi) is 33.4. The van der Waals surface area contributed by atoms with E-state index in [9.17, 15) is 4.57 Å². The van der Waals surface area contributed by atoms with Crippen molar-refractivity contribution in [2.75, 3.05) is 11.9 Å². The summed E-state index contributed by atoms with van der Waals surface area (Å²) in [4.78, 5) is 17.7. The van der Waals surface area contributed by atoms with Gasteiger partial charge in [0.15, 0.2) is 0 Å².